The molecule has 8 nitrogen and oxygen atoms in total. The summed E-state index contributed by atoms with van der Waals surface area (Å²) in [5, 5.41) is 3.27. The number of sulfonamides is 1. The molecule has 0 saturated carbocycles. The van der Waals surface area contributed by atoms with Crippen LogP contribution < -0.4 is 10.0 Å². The Balaban J connectivity index is 0.00000320. The molecule has 2 N–H and O–H groups in total. The monoisotopic (exact) mass is 552 g/mol. The third kappa shape index (κ3) is 7.95. The second-order valence-electron chi connectivity index (χ2n) is 7.27. The van der Waals surface area contributed by atoms with Crippen LogP contribution in [0.15, 0.2) is 35.3 Å². The zero-order chi connectivity index (χ0) is 20.5. The van der Waals surface area contributed by atoms with Gasteiger partial charge in [-0.05, 0) is 25.3 Å². The van der Waals surface area contributed by atoms with Gasteiger partial charge in [0.05, 0.1) is 25.0 Å². The lowest BCUT2D eigenvalue weighted by molar-refractivity contribution is -0.0816. The normalized spacial score (nSPS) is 22.6. The first kappa shape index (κ1) is 25.3. The van der Waals surface area contributed by atoms with E-state index in [1.165, 1.54) is 0 Å². The number of halogens is 1. The van der Waals surface area contributed by atoms with Crippen molar-refractivity contribution in [3.8, 4) is 0 Å². The molecule has 0 radical (unpaired) electrons. The van der Waals surface area contributed by atoms with Gasteiger partial charge in [0.1, 0.15) is 6.10 Å². The predicted molar refractivity (Wildman–Crippen MR) is 129 cm³/mol. The summed E-state index contributed by atoms with van der Waals surface area (Å²) in [4.78, 5) is 6.70. The molecule has 1 aromatic carbocycles. The van der Waals surface area contributed by atoms with E-state index in [-0.39, 0.29) is 48.5 Å². The first-order valence-electron chi connectivity index (χ1n) is 10.3. The van der Waals surface area contributed by atoms with Crippen LogP contribution in [-0.2, 0) is 26.0 Å². The van der Waals surface area contributed by atoms with Crippen LogP contribution in [0.2, 0.25) is 0 Å². The van der Waals surface area contributed by atoms with Crippen molar-refractivity contribution in [2.75, 3.05) is 45.1 Å². The fraction of sp³-hybridized carbons (Fsp3) is 0.650. The van der Waals surface area contributed by atoms with Crippen LogP contribution >= 0.6 is 24.0 Å². The highest BCUT2D eigenvalue weighted by atomic mass is 127. The zero-order valence-corrected chi connectivity index (χ0v) is 20.6. The molecule has 2 atom stereocenters. The Bertz CT molecular complexity index is 757. The Hall–Kier alpha value is -0.950. The summed E-state index contributed by atoms with van der Waals surface area (Å²) in [7, 11) is -3.39. The molecule has 0 spiro atoms. The van der Waals surface area contributed by atoms with Gasteiger partial charge in [-0.3, -0.25) is 4.99 Å². The third-order valence-corrected chi connectivity index (χ3v) is 6.37. The van der Waals surface area contributed by atoms with Gasteiger partial charge in [0.15, 0.2) is 5.96 Å². The van der Waals surface area contributed by atoms with Crippen LogP contribution in [0.4, 0.5) is 0 Å². The van der Waals surface area contributed by atoms with E-state index in [2.05, 4.69) is 19.9 Å². The molecule has 0 amide bonds. The van der Waals surface area contributed by atoms with Crippen LogP contribution in [0, 0.1) is 0 Å². The number of aliphatic imine (C=N–C) groups is 1. The topological polar surface area (TPSA) is 92.3 Å². The lowest BCUT2D eigenvalue weighted by Crippen LogP contribution is -2.53. The first-order chi connectivity index (χ1) is 14.1. The molecule has 2 saturated heterocycles. The van der Waals surface area contributed by atoms with Gasteiger partial charge in [-0.1, -0.05) is 30.3 Å². The zero-order valence-electron chi connectivity index (χ0n) is 17.5. The quantitative estimate of drug-likeness (QED) is 0.289. The maximum Gasteiger partial charge on any atom is 0.213 e. The van der Waals surface area contributed by atoms with Gasteiger partial charge in [-0.2, -0.15) is 0 Å². The lowest BCUT2D eigenvalue weighted by atomic mass is 10.1. The van der Waals surface area contributed by atoms with E-state index in [0.717, 1.165) is 44.1 Å². The standard InChI is InChI=1S/C20H32N4O4S.HI/c1-2-21-20(24-11-13-28-19(16-24)18-9-6-12-27-18)22-10-14-29(25,26)23-15-17-7-4-3-5-8-17;/h3-5,7-8,18-19,23H,2,6,9-16H2,1H3,(H,21,22);1H. The number of nitrogens with zero attached hydrogens (tertiary/aromatic N) is 2. The number of hydrogen-bond acceptors (Lipinski definition) is 5. The van der Waals surface area contributed by atoms with E-state index >= 15 is 0 Å². The van der Waals surface area contributed by atoms with Crippen molar-refractivity contribution in [2.24, 2.45) is 4.99 Å². The minimum atomic E-state index is -3.39. The second kappa shape index (κ2) is 12.8. The van der Waals surface area contributed by atoms with Crippen LogP contribution in [0.25, 0.3) is 0 Å². The van der Waals surface area contributed by atoms with Crippen molar-refractivity contribution in [1.29, 1.82) is 0 Å². The van der Waals surface area contributed by atoms with Crippen molar-refractivity contribution in [3.05, 3.63) is 35.9 Å². The van der Waals surface area contributed by atoms with E-state index in [1.807, 2.05) is 37.3 Å². The Morgan fingerprint density at radius 3 is 2.67 bits per heavy atom. The van der Waals surface area contributed by atoms with Gasteiger partial charge in [0.25, 0.3) is 0 Å². The second-order valence-corrected chi connectivity index (χ2v) is 9.19. The van der Waals surface area contributed by atoms with Crippen molar-refractivity contribution in [1.82, 2.24) is 14.9 Å². The fourth-order valence-corrected chi connectivity index (χ4v) is 4.41. The van der Waals surface area contributed by atoms with Gasteiger partial charge >= 0.3 is 0 Å². The highest BCUT2D eigenvalue weighted by molar-refractivity contribution is 14.0. The summed E-state index contributed by atoms with van der Waals surface area (Å²) in [6.07, 6.45) is 2.28. The van der Waals surface area contributed by atoms with E-state index in [4.69, 9.17) is 9.47 Å². The van der Waals surface area contributed by atoms with E-state index < -0.39 is 10.0 Å². The molecule has 2 heterocycles. The summed E-state index contributed by atoms with van der Waals surface area (Å²) in [5.41, 5.74) is 0.932. The molecular formula is C20H33IN4O4S. The molecule has 2 aliphatic heterocycles. The summed E-state index contributed by atoms with van der Waals surface area (Å²) in [6.45, 7) is 6.07. The van der Waals surface area contributed by atoms with Gasteiger partial charge in [0.2, 0.25) is 10.0 Å². The van der Waals surface area contributed by atoms with Crippen molar-refractivity contribution in [2.45, 2.75) is 38.5 Å². The molecule has 1 aromatic rings. The van der Waals surface area contributed by atoms with Crippen molar-refractivity contribution in [3.63, 3.8) is 0 Å². The summed E-state index contributed by atoms with van der Waals surface area (Å²) in [6, 6.07) is 9.48. The van der Waals surface area contributed by atoms with Crippen LogP contribution in [0.1, 0.15) is 25.3 Å². The van der Waals surface area contributed by atoms with Crippen LogP contribution in [0.3, 0.4) is 0 Å². The number of rotatable bonds is 8. The molecule has 0 bridgehead atoms. The minimum absolute atomic E-state index is 0. The largest absolute Gasteiger partial charge is 0.375 e. The smallest absolute Gasteiger partial charge is 0.213 e. The van der Waals surface area contributed by atoms with Crippen LogP contribution in [-0.4, -0.2) is 76.6 Å². The van der Waals surface area contributed by atoms with Gasteiger partial charge in [-0.25, -0.2) is 13.1 Å². The van der Waals surface area contributed by atoms with E-state index in [9.17, 15) is 8.42 Å². The molecule has 3 rings (SSSR count). The number of guanidine groups is 1. The number of nitrogens with one attached hydrogen (secondary N) is 2. The predicted octanol–water partition coefficient (Wildman–Crippen LogP) is 1.57. The molecule has 170 valence electrons. The van der Waals surface area contributed by atoms with Gasteiger partial charge in [0, 0.05) is 32.8 Å². The summed E-state index contributed by atoms with van der Waals surface area (Å²) in [5.74, 6) is 0.686. The average molecular weight is 552 g/mol. The molecule has 0 aromatic heterocycles. The Morgan fingerprint density at radius 1 is 1.20 bits per heavy atom. The summed E-state index contributed by atoms with van der Waals surface area (Å²) >= 11 is 0. The molecule has 10 heteroatoms. The lowest BCUT2D eigenvalue weighted by Gasteiger charge is -2.37. The number of hydrogen-bond donors (Lipinski definition) is 2. The number of morpholine rings is 1. The maximum absolute atomic E-state index is 12.3. The maximum atomic E-state index is 12.3. The molecular weight excluding hydrogens is 519 g/mol. The average Bonchev–Trinajstić information content (AvgIpc) is 3.28. The SMILES string of the molecule is CCNC(=NCCS(=O)(=O)NCc1ccccc1)N1CCOC(C2CCCO2)C1.I. The first-order valence-corrected chi connectivity index (χ1v) is 12.0. The molecule has 0 aliphatic carbocycles. The molecule has 30 heavy (non-hydrogen) atoms. The summed E-state index contributed by atoms with van der Waals surface area (Å²) < 4.78 is 38.9. The highest BCUT2D eigenvalue weighted by Gasteiger charge is 2.32. The fourth-order valence-electron chi connectivity index (χ4n) is 3.55. The Morgan fingerprint density at radius 2 is 1.97 bits per heavy atom. The molecule has 2 aliphatic rings. The highest BCUT2D eigenvalue weighted by Crippen LogP contribution is 2.21. The van der Waals surface area contributed by atoms with Crippen molar-refractivity contribution >= 4 is 40.0 Å². The van der Waals surface area contributed by atoms with Crippen LogP contribution in [0.5, 0.6) is 0 Å². The third-order valence-electron chi connectivity index (χ3n) is 5.07. The minimum Gasteiger partial charge on any atom is -0.375 e. The van der Waals surface area contributed by atoms with Gasteiger partial charge < -0.3 is 19.7 Å². The van der Waals surface area contributed by atoms with E-state index in [0.29, 0.717) is 19.7 Å². The number of ether oxygens (including phenoxy) is 2. The van der Waals surface area contributed by atoms with Gasteiger partial charge in [-0.15, -0.1) is 24.0 Å². The number of benzene rings is 1. The molecule has 2 fully saturated rings. The Kier molecular flexibility index (Phi) is 10.8. The van der Waals surface area contributed by atoms with Crippen molar-refractivity contribution < 1.29 is 17.9 Å². The van der Waals surface area contributed by atoms with E-state index in [1.54, 1.807) is 0 Å². The molecule has 2 unspecified atom stereocenters. The Labute approximate surface area is 196 Å².